The molecule has 4 nitrogen and oxygen atoms in total. The summed E-state index contributed by atoms with van der Waals surface area (Å²) in [6.45, 7) is 0. The Kier molecular flexibility index (Phi) is 4.17. The highest BCUT2D eigenvalue weighted by Gasteiger charge is 2.20. The summed E-state index contributed by atoms with van der Waals surface area (Å²) in [6, 6.07) is 7.41. The summed E-state index contributed by atoms with van der Waals surface area (Å²) in [5.74, 6) is -1.02. The number of rotatable bonds is 4. The third kappa shape index (κ3) is 2.77. The number of aromatic carboxylic acids is 1. The van der Waals surface area contributed by atoms with Crippen LogP contribution in [0.3, 0.4) is 0 Å². The number of thioether (sulfide) groups is 1. The lowest BCUT2D eigenvalue weighted by Crippen LogP contribution is -2.06. The fourth-order valence-electron chi connectivity index (χ4n) is 1.89. The molecule has 1 N–H and O–H groups in total. The first-order valence-electron chi connectivity index (χ1n) is 5.61. The molecule has 0 amide bonds. The van der Waals surface area contributed by atoms with Crippen LogP contribution in [0.1, 0.15) is 21.7 Å². The van der Waals surface area contributed by atoms with Crippen molar-refractivity contribution in [3.05, 3.63) is 46.2 Å². The Labute approximate surface area is 120 Å². The van der Waals surface area contributed by atoms with Crippen LogP contribution in [0.25, 0.3) is 0 Å². The quantitative estimate of drug-likeness (QED) is 0.881. The summed E-state index contributed by atoms with van der Waals surface area (Å²) in [5.41, 5.74) is 1.64. The van der Waals surface area contributed by atoms with Gasteiger partial charge in [-0.1, -0.05) is 41.6 Å². The lowest BCUT2D eigenvalue weighted by molar-refractivity contribution is 0.0689. The minimum Gasteiger partial charge on any atom is -0.476 e. The highest BCUT2D eigenvalue weighted by Crippen LogP contribution is 2.24. The second-order valence-electron chi connectivity index (χ2n) is 4.03. The fourth-order valence-corrected chi connectivity index (χ4v) is 2.66. The molecular formula is C13H13ClN2O2S. The minimum absolute atomic E-state index is 0.0896. The van der Waals surface area contributed by atoms with E-state index in [1.165, 1.54) is 11.8 Å². The fraction of sp³-hybridized carbons (Fsp3) is 0.231. The zero-order chi connectivity index (χ0) is 14.0. The van der Waals surface area contributed by atoms with Gasteiger partial charge in [0.1, 0.15) is 0 Å². The van der Waals surface area contributed by atoms with Crippen LogP contribution >= 0.6 is 23.4 Å². The van der Waals surface area contributed by atoms with Crippen molar-refractivity contribution in [2.45, 2.75) is 11.6 Å². The molecule has 2 rings (SSSR count). The predicted molar refractivity (Wildman–Crippen MR) is 76.2 cm³/mol. The molecule has 0 bridgehead atoms. The van der Waals surface area contributed by atoms with E-state index in [0.717, 1.165) is 5.56 Å². The van der Waals surface area contributed by atoms with Crippen LogP contribution in [-0.4, -0.2) is 26.9 Å². The van der Waals surface area contributed by atoms with Gasteiger partial charge in [-0.3, -0.25) is 0 Å². The summed E-state index contributed by atoms with van der Waals surface area (Å²) in [7, 11) is 1.82. The maximum absolute atomic E-state index is 11.3. The Morgan fingerprint density at radius 2 is 2.16 bits per heavy atom. The number of imidazole rings is 1. The van der Waals surface area contributed by atoms with Gasteiger partial charge in [0, 0.05) is 18.5 Å². The Hall–Kier alpha value is -1.46. The van der Waals surface area contributed by atoms with Crippen LogP contribution in [0, 0.1) is 0 Å². The lowest BCUT2D eigenvalue weighted by atomic mass is 10.1. The number of aromatic nitrogens is 2. The minimum atomic E-state index is -1.02. The zero-order valence-electron chi connectivity index (χ0n) is 10.6. The van der Waals surface area contributed by atoms with Crippen LogP contribution < -0.4 is 0 Å². The molecule has 0 aliphatic rings. The van der Waals surface area contributed by atoms with E-state index in [-0.39, 0.29) is 5.69 Å². The molecule has 0 fully saturated rings. The van der Waals surface area contributed by atoms with Crippen molar-refractivity contribution in [2.75, 3.05) is 6.26 Å². The van der Waals surface area contributed by atoms with Crippen LogP contribution in [0.4, 0.5) is 0 Å². The molecule has 0 unspecified atom stereocenters. The van der Waals surface area contributed by atoms with Crippen molar-refractivity contribution in [1.82, 2.24) is 9.55 Å². The van der Waals surface area contributed by atoms with E-state index < -0.39 is 5.97 Å². The topological polar surface area (TPSA) is 55.1 Å². The average Bonchev–Trinajstić information content (AvgIpc) is 2.69. The number of benzene rings is 1. The van der Waals surface area contributed by atoms with Gasteiger partial charge in [0.15, 0.2) is 10.9 Å². The number of carbonyl (C=O) groups is 1. The van der Waals surface area contributed by atoms with Crippen LogP contribution in [0.15, 0.2) is 29.4 Å². The van der Waals surface area contributed by atoms with Crippen molar-refractivity contribution in [2.24, 2.45) is 7.05 Å². The standard InChI is InChI=1S/C13H13ClN2O2S/c1-16-10(7-8-5-3-4-6-9(8)14)11(12(17)18)15-13(16)19-2/h3-6H,7H2,1-2H3,(H,17,18). The third-order valence-electron chi connectivity index (χ3n) is 2.87. The lowest BCUT2D eigenvalue weighted by Gasteiger charge is -2.07. The first-order valence-corrected chi connectivity index (χ1v) is 7.21. The molecule has 2 aromatic rings. The number of hydrogen-bond acceptors (Lipinski definition) is 3. The number of carboxylic acid groups (broad SMARTS) is 1. The van der Waals surface area contributed by atoms with Crippen molar-refractivity contribution < 1.29 is 9.90 Å². The normalized spacial score (nSPS) is 10.7. The van der Waals surface area contributed by atoms with Gasteiger partial charge in [-0.25, -0.2) is 9.78 Å². The summed E-state index contributed by atoms with van der Waals surface area (Å²) in [4.78, 5) is 15.4. The van der Waals surface area contributed by atoms with Gasteiger partial charge >= 0.3 is 5.97 Å². The average molecular weight is 297 g/mol. The second kappa shape index (κ2) is 5.67. The van der Waals surface area contributed by atoms with E-state index in [0.29, 0.717) is 22.3 Å². The van der Waals surface area contributed by atoms with Gasteiger partial charge in [-0.05, 0) is 17.9 Å². The molecule has 100 valence electrons. The molecule has 0 aliphatic carbocycles. The van der Waals surface area contributed by atoms with E-state index in [1.54, 1.807) is 10.6 Å². The van der Waals surface area contributed by atoms with Gasteiger partial charge in [0.25, 0.3) is 0 Å². The van der Waals surface area contributed by atoms with Gasteiger partial charge in [0.05, 0.1) is 5.69 Å². The molecule has 6 heteroatoms. The van der Waals surface area contributed by atoms with E-state index in [1.807, 2.05) is 31.5 Å². The maximum atomic E-state index is 11.3. The highest BCUT2D eigenvalue weighted by molar-refractivity contribution is 7.98. The summed E-state index contributed by atoms with van der Waals surface area (Å²) < 4.78 is 1.80. The second-order valence-corrected chi connectivity index (χ2v) is 5.21. The van der Waals surface area contributed by atoms with Gasteiger partial charge in [0.2, 0.25) is 0 Å². The van der Waals surface area contributed by atoms with E-state index in [4.69, 9.17) is 11.6 Å². The monoisotopic (exact) mass is 296 g/mol. The third-order valence-corrected chi connectivity index (χ3v) is 3.97. The first-order chi connectivity index (χ1) is 9.04. The number of hydrogen-bond donors (Lipinski definition) is 1. The smallest absolute Gasteiger partial charge is 0.356 e. The largest absolute Gasteiger partial charge is 0.476 e. The van der Waals surface area contributed by atoms with Crippen molar-refractivity contribution in [3.63, 3.8) is 0 Å². The molecule has 0 saturated carbocycles. The van der Waals surface area contributed by atoms with Crippen LogP contribution in [-0.2, 0) is 13.5 Å². The van der Waals surface area contributed by atoms with E-state index >= 15 is 0 Å². The van der Waals surface area contributed by atoms with Gasteiger partial charge < -0.3 is 9.67 Å². The van der Waals surface area contributed by atoms with Gasteiger partial charge in [-0.15, -0.1) is 0 Å². The molecule has 0 aliphatic heterocycles. The molecule has 1 heterocycles. The number of halogens is 1. The van der Waals surface area contributed by atoms with E-state index in [9.17, 15) is 9.90 Å². The first kappa shape index (κ1) is 14.0. The summed E-state index contributed by atoms with van der Waals surface area (Å²) >= 11 is 7.53. The maximum Gasteiger partial charge on any atom is 0.356 e. The van der Waals surface area contributed by atoms with Crippen LogP contribution in [0.2, 0.25) is 5.02 Å². The Bertz CT molecular complexity index is 625. The Morgan fingerprint density at radius 3 is 2.74 bits per heavy atom. The number of nitrogens with zero attached hydrogens (tertiary/aromatic N) is 2. The predicted octanol–water partition coefficient (Wildman–Crippen LogP) is 3.08. The SMILES string of the molecule is CSc1nc(C(=O)O)c(Cc2ccccc2Cl)n1C. The molecule has 0 radical (unpaired) electrons. The molecule has 1 aromatic heterocycles. The molecular weight excluding hydrogens is 284 g/mol. The Balaban J connectivity index is 2.47. The molecule has 19 heavy (non-hydrogen) atoms. The van der Waals surface area contributed by atoms with Crippen molar-refractivity contribution in [3.8, 4) is 0 Å². The molecule has 0 atom stereocenters. The number of carboxylic acids is 1. The molecule has 0 spiro atoms. The zero-order valence-corrected chi connectivity index (χ0v) is 12.1. The van der Waals surface area contributed by atoms with E-state index in [2.05, 4.69) is 4.98 Å². The molecule has 1 aromatic carbocycles. The Morgan fingerprint density at radius 1 is 1.47 bits per heavy atom. The van der Waals surface area contributed by atoms with Crippen LogP contribution in [0.5, 0.6) is 0 Å². The highest BCUT2D eigenvalue weighted by atomic mass is 35.5. The molecule has 0 saturated heterocycles. The van der Waals surface area contributed by atoms with Crippen molar-refractivity contribution in [1.29, 1.82) is 0 Å². The van der Waals surface area contributed by atoms with Gasteiger partial charge in [-0.2, -0.15) is 0 Å². The van der Waals surface area contributed by atoms with Crippen molar-refractivity contribution >= 4 is 29.3 Å². The summed E-state index contributed by atoms with van der Waals surface area (Å²) in [5, 5.41) is 10.5. The summed E-state index contributed by atoms with van der Waals surface area (Å²) in [6.07, 6.45) is 2.32.